The van der Waals surface area contributed by atoms with Crippen molar-refractivity contribution in [2.45, 2.75) is 38.9 Å². The predicted octanol–water partition coefficient (Wildman–Crippen LogP) is 3.29. The van der Waals surface area contributed by atoms with Crippen LogP contribution >= 0.6 is 7.75 Å². The van der Waals surface area contributed by atoms with Crippen LogP contribution in [0.1, 0.15) is 27.2 Å². The van der Waals surface area contributed by atoms with Crippen molar-refractivity contribution >= 4 is 13.7 Å². The first-order chi connectivity index (χ1) is 10.6. The first-order valence-electron chi connectivity index (χ1n) is 7.07. The van der Waals surface area contributed by atoms with Gasteiger partial charge in [-0.2, -0.15) is 17.8 Å². The number of hydrogen-bond donors (Lipinski definition) is 0. The van der Waals surface area contributed by atoms with Crippen LogP contribution in [0.15, 0.2) is 11.6 Å². The van der Waals surface area contributed by atoms with Gasteiger partial charge in [0.15, 0.2) is 0 Å². The maximum atomic E-state index is 13.9. The largest absolute Gasteiger partial charge is 0.467 e. The number of ether oxygens (including phenoxy) is 1. The van der Waals surface area contributed by atoms with Gasteiger partial charge in [0.1, 0.15) is 0 Å². The normalized spacial score (nSPS) is 23.5. The number of methoxy groups -OCH3 is 1. The number of nitrogens with zero attached hydrogens (tertiary/aromatic N) is 1. The van der Waals surface area contributed by atoms with E-state index >= 15 is 0 Å². The second kappa shape index (κ2) is 7.34. The first kappa shape index (κ1) is 20.2. The maximum Gasteiger partial charge on any atom is 0.418 e. The molecule has 0 saturated carbocycles. The van der Waals surface area contributed by atoms with Gasteiger partial charge in [-0.3, -0.25) is 9.05 Å². The highest BCUT2D eigenvalue weighted by molar-refractivity contribution is 7.51. The van der Waals surface area contributed by atoms with E-state index in [4.69, 9.17) is 9.05 Å². The van der Waals surface area contributed by atoms with Crippen LogP contribution in [-0.2, 0) is 23.1 Å². The molecule has 1 heterocycles. The lowest BCUT2D eigenvalue weighted by molar-refractivity contribution is -0.231. The van der Waals surface area contributed by atoms with Gasteiger partial charge in [-0.15, -0.1) is 0 Å². The highest BCUT2D eigenvalue weighted by Crippen LogP contribution is 2.60. The van der Waals surface area contributed by atoms with Gasteiger partial charge in [0.25, 0.3) is 0 Å². The molecular formula is C13H21F3NO5P. The lowest BCUT2D eigenvalue weighted by Crippen LogP contribution is -2.64. The zero-order valence-corrected chi connectivity index (χ0v) is 14.4. The van der Waals surface area contributed by atoms with Crippen LogP contribution in [0.25, 0.3) is 0 Å². The summed E-state index contributed by atoms with van der Waals surface area (Å²) in [4.78, 5) is 12.1. The molecular weight excluding hydrogens is 338 g/mol. The van der Waals surface area contributed by atoms with E-state index in [0.29, 0.717) is 10.2 Å². The zero-order chi connectivity index (χ0) is 17.9. The molecule has 0 saturated heterocycles. The molecule has 0 amide bonds. The Balaban J connectivity index is 3.56. The molecule has 1 aliphatic heterocycles. The summed E-state index contributed by atoms with van der Waals surface area (Å²) < 4.78 is 69.4. The average molecular weight is 359 g/mol. The lowest BCUT2D eigenvalue weighted by Gasteiger charge is -2.46. The Bertz CT molecular complexity index is 512. The van der Waals surface area contributed by atoms with Crippen molar-refractivity contribution in [3.05, 3.63) is 11.6 Å². The third kappa shape index (κ3) is 3.63. The van der Waals surface area contributed by atoms with Crippen LogP contribution in [0.5, 0.6) is 0 Å². The molecule has 6 nitrogen and oxygen atoms in total. The van der Waals surface area contributed by atoms with E-state index in [-0.39, 0.29) is 13.2 Å². The summed E-state index contributed by atoms with van der Waals surface area (Å²) in [6, 6.07) is 0. The summed E-state index contributed by atoms with van der Waals surface area (Å²) in [7, 11) is -3.48. The van der Waals surface area contributed by atoms with Gasteiger partial charge >= 0.3 is 19.9 Å². The second-order valence-electron chi connectivity index (χ2n) is 4.96. The highest BCUT2D eigenvalue weighted by atomic mass is 31.2. The summed E-state index contributed by atoms with van der Waals surface area (Å²) in [5.41, 5.74) is -2.77. The number of hydrogen-bond acceptors (Lipinski definition) is 5. The van der Waals surface area contributed by atoms with Crippen molar-refractivity contribution in [2.75, 3.05) is 26.9 Å². The Labute approximate surface area is 133 Å². The van der Waals surface area contributed by atoms with Crippen molar-refractivity contribution in [1.29, 1.82) is 0 Å². The van der Waals surface area contributed by atoms with Gasteiger partial charge in [-0.05, 0) is 20.8 Å². The highest BCUT2D eigenvalue weighted by Gasteiger charge is 2.69. The van der Waals surface area contributed by atoms with Crippen LogP contribution < -0.4 is 0 Å². The molecule has 1 aliphatic rings. The van der Waals surface area contributed by atoms with Crippen molar-refractivity contribution < 1.29 is 36.3 Å². The molecule has 134 valence electrons. The van der Waals surface area contributed by atoms with Crippen molar-refractivity contribution in [2.24, 2.45) is 0 Å². The van der Waals surface area contributed by atoms with E-state index in [0.717, 1.165) is 7.11 Å². The summed E-state index contributed by atoms with van der Waals surface area (Å²) in [6.45, 7) is 3.75. The molecule has 10 heteroatoms. The average Bonchev–Trinajstić information content (AvgIpc) is 2.45. The number of rotatable bonds is 6. The Hall–Kier alpha value is -0.890. The standard InChI is InChI=1S/C13H21F3NO5P/c1-5-21-23(19,22-6-2)17-8-7-10(3)9-12(17,11(18)20-4)13(14,15)16/h7H,5-6,8-9H2,1-4H3/t12-/m1/s1. The van der Waals surface area contributed by atoms with Gasteiger partial charge in [-0.1, -0.05) is 11.6 Å². The second-order valence-corrected chi connectivity index (χ2v) is 6.90. The molecule has 1 rings (SSSR count). The fourth-order valence-electron chi connectivity index (χ4n) is 2.49. The molecule has 0 radical (unpaired) electrons. The molecule has 0 aromatic rings. The Morgan fingerprint density at radius 2 is 1.87 bits per heavy atom. The smallest absolute Gasteiger partial charge is 0.418 e. The lowest BCUT2D eigenvalue weighted by atomic mass is 9.87. The van der Waals surface area contributed by atoms with Gasteiger partial charge in [0.05, 0.1) is 20.3 Å². The summed E-state index contributed by atoms with van der Waals surface area (Å²) in [5.74, 6) is -1.54. The van der Waals surface area contributed by atoms with Crippen molar-refractivity contribution in [1.82, 2.24) is 4.67 Å². The predicted molar refractivity (Wildman–Crippen MR) is 76.7 cm³/mol. The molecule has 0 aliphatic carbocycles. The van der Waals surface area contributed by atoms with Crippen LogP contribution in [-0.4, -0.2) is 49.2 Å². The molecule has 0 aromatic heterocycles. The first-order valence-corrected chi connectivity index (χ1v) is 8.56. The SMILES string of the molecule is CCOP(=O)(OCC)N1CC=C(C)C[C@@]1(C(=O)OC)C(F)(F)F. The van der Waals surface area contributed by atoms with E-state index in [1.165, 1.54) is 26.8 Å². The van der Waals surface area contributed by atoms with Gasteiger partial charge < -0.3 is 4.74 Å². The number of esters is 1. The van der Waals surface area contributed by atoms with Crippen molar-refractivity contribution in [3.63, 3.8) is 0 Å². The topological polar surface area (TPSA) is 65.1 Å². The van der Waals surface area contributed by atoms with Crippen LogP contribution in [0.3, 0.4) is 0 Å². The molecule has 0 N–H and O–H groups in total. The minimum atomic E-state index is -5.03. The number of carbonyl (C=O) groups is 1. The quantitative estimate of drug-likeness (QED) is 0.412. The maximum absolute atomic E-state index is 13.9. The van der Waals surface area contributed by atoms with Crippen LogP contribution in [0.2, 0.25) is 0 Å². The van der Waals surface area contributed by atoms with Gasteiger partial charge in [0.2, 0.25) is 5.54 Å². The third-order valence-corrected chi connectivity index (χ3v) is 5.73. The molecule has 0 bridgehead atoms. The van der Waals surface area contributed by atoms with E-state index < -0.39 is 38.4 Å². The van der Waals surface area contributed by atoms with Gasteiger partial charge in [0, 0.05) is 13.0 Å². The van der Waals surface area contributed by atoms with E-state index in [9.17, 15) is 22.5 Å². The molecule has 0 unspecified atom stereocenters. The van der Waals surface area contributed by atoms with Crippen LogP contribution in [0.4, 0.5) is 13.2 Å². The summed E-state index contributed by atoms with van der Waals surface area (Å²) in [5, 5.41) is 0. The van der Waals surface area contributed by atoms with Crippen LogP contribution in [0, 0.1) is 0 Å². The molecule has 23 heavy (non-hydrogen) atoms. The van der Waals surface area contributed by atoms with Gasteiger partial charge in [-0.25, -0.2) is 9.36 Å². The minimum absolute atomic E-state index is 0.133. The van der Waals surface area contributed by atoms with E-state index in [1.54, 1.807) is 0 Å². The molecule has 0 spiro atoms. The zero-order valence-electron chi connectivity index (χ0n) is 13.5. The van der Waals surface area contributed by atoms with E-state index in [1.807, 2.05) is 0 Å². The molecule has 1 atom stereocenters. The summed E-state index contributed by atoms with van der Waals surface area (Å²) >= 11 is 0. The van der Waals surface area contributed by atoms with E-state index in [2.05, 4.69) is 4.74 Å². The third-order valence-electron chi connectivity index (χ3n) is 3.46. The fraction of sp³-hybridized carbons (Fsp3) is 0.769. The molecule has 0 fully saturated rings. The number of carbonyl (C=O) groups excluding carboxylic acids is 1. The fourth-order valence-corrected chi connectivity index (χ4v) is 4.46. The van der Waals surface area contributed by atoms with Crippen molar-refractivity contribution in [3.8, 4) is 0 Å². The summed E-state index contributed by atoms with van der Waals surface area (Å²) in [6.07, 6.45) is -4.27. The number of halogens is 3. The Kier molecular flexibility index (Phi) is 6.43. The molecule has 0 aromatic carbocycles. The Morgan fingerprint density at radius 1 is 1.35 bits per heavy atom. The minimum Gasteiger partial charge on any atom is -0.467 e. The number of alkyl halides is 3. The Morgan fingerprint density at radius 3 is 2.26 bits per heavy atom. The monoisotopic (exact) mass is 359 g/mol.